The van der Waals surface area contributed by atoms with Gasteiger partial charge >= 0.3 is 17.1 Å². The van der Waals surface area contributed by atoms with Gasteiger partial charge in [0.15, 0.2) is 0 Å². The van der Waals surface area contributed by atoms with Gasteiger partial charge in [0.05, 0.1) is 0 Å². The summed E-state index contributed by atoms with van der Waals surface area (Å²) in [5, 5.41) is 0. The van der Waals surface area contributed by atoms with Crippen molar-refractivity contribution < 1.29 is 141 Å². The first-order valence-corrected chi connectivity index (χ1v) is 0. The molecule has 0 saturated heterocycles. The van der Waals surface area contributed by atoms with E-state index in [-0.39, 0.29) is 268 Å². The average molecular weight is 813 g/mol. The van der Waals surface area contributed by atoms with E-state index in [9.17, 15) is 0 Å². The Bertz CT molecular complexity index is 26.9. The summed E-state index contributed by atoms with van der Waals surface area (Å²) in [5.41, 5.74) is 0. The van der Waals surface area contributed by atoms with Crippen molar-refractivity contribution in [2.24, 2.45) is 0 Å². The normalized spacial score (nSPS) is 0. The van der Waals surface area contributed by atoms with E-state index in [2.05, 4.69) is 0 Å². The first-order chi connectivity index (χ1) is 0. The van der Waals surface area contributed by atoms with Crippen molar-refractivity contribution in [2.45, 2.75) is 0 Å². The molecule has 0 amide bonds. The fourth-order valence-electron chi connectivity index (χ4n) is 0. The number of hydrogen-bond acceptors (Lipinski definition) is 3. The van der Waals surface area contributed by atoms with Crippen LogP contribution in [0.4, 0.5) is 0 Å². The fourth-order valence-corrected chi connectivity index (χ4v) is 0. The van der Waals surface area contributed by atoms with E-state index < -0.39 is 0 Å². The Morgan fingerprint density at radius 2 is 0.333 bits per heavy atom. The van der Waals surface area contributed by atoms with Crippen molar-refractivity contribution in [1.82, 2.24) is 0 Å². The monoisotopic (exact) mass is 814 g/mol. The molecule has 0 aromatic heterocycles. The van der Waals surface area contributed by atoms with Crippen molar-refractivity contribution in [3.05, 3.63) is 6.15 Å². The van der Waals surface area contributed by atoms with Gasteiger partial charge in [-0.2, -0.15) is 0 Å². The van der Waals surface area contributed by atoms with Crippen molar-refractivity contribution in [3.63, 3.8) is 0 Å². The van der Waals surface area contributed by atoms with E-state index >= 15 is 0 Å². The summed E-state index contributed by atoms with van der Waals surface area (Å²) in [6.07, 6.45) is 0. The van der Waals surface area contributed by atoms with Gasteiger partial charge in [-0.05, 0) is 0 Å². The van der Waals surface area contributed by atoms with E-state index in [0.717, 1.165) is 0 Å². The first kappa shape index (κ1) is 275. The molecule has 2 N–H and O–H groups in total. The van der Waals surface area contributed by atoms with Crippen LogP contribution < -0.4 is 0 Å². The van der Waals surface area contributed by atoms with Crippen LogP contribution >= 0.6 is 0 Å². The zero-order chi connectivity index (χ0) is 0. The number of rotatable bonds is 0. The molecule has 0 heterocycles. The van der Waals surface area contributed by atoms with E-state index in [0.29, 0.717) is 0 Å². The predicted octanol–water partition coefficient (Wildman–Crippen LogP) is -4.95. The van der Waals surface area contributed by atoms with E-state index in [4.69, 9.17) is 0 Å². The Kier molecular flexibility index (Phi) is 3710. The zero-order valence-electron chi connectivity index (χ0n) is 8.27. The van der Waals surface area contributed by atoms with Gasteiger partial charge in [-0.25, -0.2) is 0 Å². The molecule has 18 heavy (non-hydrogen) atoms. The van der Waals surface area contributed by atoms with E-state index in [1.807, 2.05) is 0 Å². The summed E-state index contributed by atoms with van der Waals surface area (Å²) in [7, 11) is 0. The van der Waals surface area contributed by atoms with Gasteiger partial charge in [0, 0.05) is 123 Å². The van der Waals surface area contributed by atoms with Crippen LogP contribution in [0, 0.1) is 0 Å². The number of hydrogen-bond donors (Lipinski definition) is 0. The second-order valence-corrected chi connectivity index (χ2v) is 0. The Labute approximate surface area is 263 Å². The molecule has 0 atom stereocenters. The maximum Gasteiger partial charge on any atom is 2.00 e. The van der Waals surface area contributed by atoms with Crippen LogP contribution in [0.3, 0.4) is 0 Å². The van der Waals surface area contributed by atoms with Crippen LogP contribution in [0.5, 0.6) is 0 Å². The smallest absolute Gasteiger partial charge is 0.813 e. The molecule has 0 aliphatic heterocycles. The molecule has 0 bridgehead atoms. The maximum atomic E-state index is 0. The van der Waals surface area contributed by atoms with Crippen LogP contribution in [0.2, 0.25) is 0 Å². The van der Waals surface area contributed by atoms with Crippen molar-refractivity contribution in [2.75, 3.05) is 0 Å². The molecule has 1 nitrogen and oxygen atoms in total. The Morgan fingerprint density at radius 1 is 0.333 bits per heavy atom. The summed E-state index contributed by atoms with van der Waals surface area (Å²) >= 11 is 0. The quantitative estimate of drug-likeness (QED) is 0.107. The first-order valence-electron chi connectivity index (χ1n) is 0. The Balaban J connectivity index is 0. The molecule has 0 fully saturated rings. The van der Waals surface area contributed by atoms with Gasteiger partial charge < -0.3 is 46.6 Å². The van der Waals surface area contributed by atoms with Crippen molar-refractivity contribution in [3.8, 4) is 0 Å². The molecule has 0 aromatic rings. The minimum Gasteiger partial charge on any atom is -0.813 e. The van der Waals surface area contributed by atoms with Gasteiger partial charge in [-0.3, -0.25) is 0 Å². The van der Waals surface area contributed by atoms with E-state index in [1.165, 1.54) is 0 Å². The molecule has 0 unspecified atom stereocenters. The summed E-state index contributed by atoms with van der Waals surface area (Å²) in [6, 6.07) is 0. The summed E-state index contributed by atoms with van der Waals surface area (Å²) < 4.78 is 0. The molecule has 0 rings (SSSR count). The molecular weight excluding hydrogens is 789 g/mol. The number of thiol groups is 3. The Morgan fingerprint density at radius 3 is 0.333 bits per heavy atom. The molecular formula is H23Fe7MoNS9+4. The fraction of sp³-hybridized carbons (Fsp3) is 0. The maximum absolute atomic E-state index is 0. The average Bonchev–Trinajstić information content (AvgIpc) is 0. The largest absolute Gasteiger partial charge is 2.00 e. The van der Waals surface area contributed by atoms with Crippen LogP contribution in [0.25, 0.3) is 6.15 Å². The molecule has 18 heteroatoms. The molecule has 140 valence electrons. The minimum absolute atomic E-state index is 0. The number of nitrogens with two attached hydrogens (primary N) is 1. The predicted molar refractivity (Wildman–Crippen MR) is 101 cm³/mol. The standard InChI is InChI=1S/7Fe.Mo.H2N.9H2S/h;;;;;;;;10*1H2/q;;;;;;+2;;-1;;;;;;;;;/p+3. The molecule has 0 radical (unpaired) electrons. The molecule has 0 saturated carbocycles. The van der Waals surface area contributed by atoms with Crippen molar-refractivity contribution >= 4 is 121 Å². The van der Waals surface area contributed by atoms with Crippen LogP contribution in [0.1, 0.15) is 0 Å². The summed E-state index contributed by atoms with van der Waals surface area (Å²) in [5.74, 6) is 0. The summed E-state index contributed by atoms with van der Waals surface area (Å²) in [4.78, 5) is 0. The topological polar surface area (TPSA) is 33.5 Å². The second-order valence-electron chi connectivity index (χ2n) is 0. The SMILES string of the molecule is [Fe+2].[Fe].[Fe].[Fe].[Fe].[Fe].[Fe].[Mo].[NH2-].[SH-].[SH-].[SH-].[SH3+].[SH3+].[SH3+].[SH3+].[SH3+].[SH3+]. The van der Waals surface area contributed by atoms with Gasteiger partial charge in [0.1, 0.15) is 0 Å². The van der Waals surface area contributed by atoms with Gasteiger partial charge in [-0.15, -0.1) is 0 Å². The molecule has 0 spiro atoms. The summed E-state index contributed by atoms with van der Waals surface area (Å²) in [6.45, 7) is 0. The molecule has 0 aromatic carbocycles. The Hall–Kier alpha value is 7.43. The third kappa shape index (κ3) is 213. The third-order valence-corrected chi connectivity index (χ3v) is 0. The minimum atomic E-state index is 0. The van der Waals surface area contributed by atoms with Crippen LogP contribution in [0.15, 0.2) is 0 Å². The zero-order valence-corrected chi connectivity index (χ0v) is 27.6. The van der Waals surface area contributed by atoms with Crippen LogP contribution in [-0.2, 0) is 262 Å². The molecule has 0 aliphatic rings. The van der Waals surface area contributed by atoms with Crippen LogP contribution in [-0.4, -0.2) is 0 Å². The van der Waals surface area contributed by atoms with Gasteiger partial charge in [0.25, 0.3) is 0 Å². The van der Waals surface area contributed by atoms with E-state index in [1.54, 1.807) is 0 Å². The van der Waals surface area contributed by atoms with Gasteiger partial charge in [-0.1, -0.05) is 81.0 Å². The van der Waals surface area contributed by atoms with Gasteiger partial charge in [0.2, 0.25) is 0 Å². The molecule has 0 aliphatic carbocycles. The third-order valence-electron chi connectivity index (χ3n) is 0. The van der Waals surface area contributed by atoms with Crippen molar-refractivity contribution in [1.29, 1.82) is 0 Å². The second kappa shape index (κ2) is 243.